The van der Waals surface area contributed by atoms with Crippen molar-refractivity contribution in [1.29, 1.82) is 0 Å². The second-order valence-electron chi connectivity index (χ2n) is 10.8. The topological polar surface area (TPSA) is 97.3 Å². The second kappa shape index (κ2) is 17.3. The molecule has 0 bridgehead atoms. The Bertz CT molecular complexity index is 1360. The SMILES string of the molecule is CCOC(Cc1ccc(OCCN(CCCCOCc2cc(Cl)cc(Cl)c2)C(=O)Nc2ccc3c(c2)CCC3)cc1)C(=O)O. The second-order valence-corrected chi connectivity index (χ2v) is 11.6. The molecule has 0 spiro atoms. The fourth-order valence-electron chi connectivity index (χ4n) is 5.19. The van der Waals surface area contributed by atoms with E-state index in [1.165, 1.54) is 11.1 Å². The first-order valence-electron chi connectivity index (χ1n) is 15.1. The summed E-state index contributed by atoms with van der Waals surface area (Å²) in [5.74, 6) is -0.339. The number of fused-ring (bicyclic) bond motifs is 1. The number of nitrogens with one attached hydrogen (secondary N) is 1. The number of aliphatic carboxylic acids is 1. The van der Waals surface area contributed by atoms with Crippen molar-refractivity contribution in [3.8, 4) is 5.75 Å². The molecule has 1 atom stereocenters. The molecule has 2 N–H and O–H groups in total. The van der Waals surface area contributed by atoms with Crippen molar-refractivity contribution in [2.24, 2.45) is 0 Å². The Balaban J connectivity index is 1.28. The summed E-state index contributed by atoms with van der Waals surface area (Å²) < 4.78 is 17.1. The maximum atomic E-state index is 13.3. The number of hydrogen-bond acceptors (Lipinski definition) is 5. The van der Waals surface area contributed by atoms with Gasteiger partial charge in [0.25, 0.3) is 0 Å². The zero-order valence-corrected chi connectivity index (χ0v) is 26.5. The maximum Gasteiger partial charge on any atom is 0.333 e. The smallest absolute Gasteiger partial charge is 0.333 e. The number of urea groups is 1. The number of unbranched alkanes of at least 4 members (excludes halogenated alkanes) is 1. The molecule has 3 aromatic carbocycles. The van der Waals surface area contributed by atoms with E-state index >= 15 is 0 Å². The van der Waals surface area contributed by atoms with Gasteiger partial charge in [-0.15, -0.1) is 0 Å². The normalized spacial score (nSPS) is 12.9. The van der Waals surface area contributed by atoms with Crippen LogP contribution in [0.15, 0.2) is 60.7 Å². The molecule has 0 saturated heterocycles. The first-order chi connectivity index (χ1) is 21.3. The minimum absolute atomic E-state index is 0.174. The molecule has 0 heterocycles. The number of anilines is 1. The number of carbonyl (C=O) groups is 2. The fraction of sp³-hybridized carbons (Fsp3) is 0.412. The van der Waals surface area contributed by atoms with Crippen LogP contribution in [-0.2, 0) is 40.1 Å². The van der Waals surface area contributed by atoms with Crippen molar-refractivity contribution in [3.05, 3.63) is 93.0 Å². The first-order valence-corrected chi connectivity index (χ1v) is 15.8. The number of nitrogens with zero attached hydrogens (tertiary/aromatic N) is 1. The van der Waals surface area contributed by atoms with Crippen LogP contribution in [0.1, 0.15) is 48.4 Å². The molecule has 0 radical (unpaired) electrons. The van der Waals surface area contributed by atoms with Crippen molar-refractivity contribution in [1.82, 2.24) is 4.90 Å². The first kappa shape index (κ1) is 33.6. The summed E-state index contributed by atoms with van der Waals surface area (Å²) in [4.78, 5) is 26.5. The molecule has 4 rings (SSSR count). The van der Waals surface area contributed by atoms with Gasteiger partial charge in [0.05, 0.1) is 13.2 Å². The van der Waals surface area contributed by atoms with E-state index in [4.69, 9.17) is 37.4 Å². The fourth-order valence-corrected chi connectivity index (χ4v) is 5.76. The van der Waals surface area contributed by atoms with Crippen molar-refractivity contribution in [2.75, 3.05) is 38.2 Å². The summed E-state index contributed by atoms with van der Waals surface area (Å²) in [6.07, 6.45) is 4.20. The molecule has 0 saturated carbocycles. The highest BCUT2D eigenvalue weighted by molar-refractivity contribution is 6.34. The number of ether oxygens (including phenoxy) is 3. The van der Waals surface area contributed by atoms with Gasteiger partial charge in [0.1, 0.15) is 12.4 Å². The molecule has 0 aliphatic heterocycles. The number of hydrogen-bond donors (Lipinski definition) is 2. The van der Waals surface area contributed by atoms with Crippen LogP contribution in [0, 0.1) is 0 Å². The standard InChI is InChI=1S/C34H40Cl2N2O6/c1-2-43-32(33(39)40)20-24-8-12-31(13-9-24)44-17-15-38(34(41)37-30-11-10-26-6-5-7-27(26)21-30)14-3-4-16-42-23-25-18-28(35)22-29(36)19-25/h8-13,18-19,21-22,32H,2-7,14-17,20,23H2,1H3,(H,37,41)(H,39,40). The molecule has 3 aromatic rings. The number of carboxylic acid groups (broad SMARTS) is 1. The van der Waals surface area contributed by atoms with Gasteiger partial charge < -0.3 is 29.5 Å². The van der Waals surface area contributed by atoms with Gasteiger partial charge in [0.2, 0.25) is 0 Å². The predicted molar refractivity (Wildman–Crippen MR) is 173 cm³/mol. The lowest BCUT2D eigenvalue weighted by molar-refractivity contribution is -0.149. The van der Waals surface area contributed by atoms with Crippen molar-refractivity contribution < 1.29 is 28.9 Å². The van der Waals surface area contributed by atoms with E-state index in [9.17, 15) is 14.7 Å². The van der Waals surface area contributed by atoms with Crippen LogP contribution in [0.4, 0.5) is 10.5 Å². The Morgan fingerprint density at radius 1 is 0.909 bits per heavy atom. The summed E-state index contributed by atoms with van der Waals surface area (Å²) in [5.41, 5.74) is 5.21. The molecular weight excluding hydrogens is 603 g/mol. The van der Waals surface area contributed by atoms with Gasteiger partial charge in [0.15, 0.2) is 6.10 Å². The Morgan fingerprint density at radius 3 is 2.39 bits per heavy atom. The number of amides is 2. The highest BCUT2D eigenvalue weighted by Gasteiger charge is 2.19. The lowest BCUT2D eigenvalue weighted by atomic mass is 10.1. The lowest BCUT2D eigenvalue weighted by Crippen LogP contribution is -2.38. The van der Waals surface area contributed by atoms with E-state index in [-0.39, 0.29) is 12.5 Å². The average Bonchev–Trinajstić information content (AvgIpc) is 3.46. The molecular formula is C34H40Cl2N2O6. The molecule has 10 heteroatoms. The number of halogens is 2. The van der Waals surface area contributed by atoms with Crippen molar-refractivity contribution in [3.63, 3.8) is 0 Å². The highest BCUT2D eigenvalue weighted by atomic mass is 35.5. The van der Waals surface area contributed by atoms with E-state index in [1.54, 1.807) is 30.0 Å². The minimum atomic E-state index is -0.983. The van der Waals surface area contributed by atoms with Crippen LogP contribution in [-0.4, -0.2) is 61.0 Å². The molecule has 2 amide bonds. The van der Waals surface area contributed by atoms with Gasteiger partial charge in [-0.25, -0.2) is 9.59 Å². The van der Waals surface area contributed by atoms with E-state index in [0.29, 0.717) is 55.3 Å². The molecule has 1 aliphatic rings. The van der Waals surface area contributed by atoms with Crippen LogP contribution < -0.4 is 10.1 Å². The van der Waals surface area contributed by atoms with Gasteiger partial charge in [-0.05, 0) is 104 Å². The van der Waals surface area contributed by atoms with Crippen LogP contribution in [0.5, 0.6) is 5.75 Å². The Morgan fingerprint density at radius 2 is 1.66 bits per heavy atom. The number of carbonyl (C=O) groups excluding carboxylic acids is 1. The van der Waals surface area contributed by atoms with Gasteiger partial charge in [-0.3, -0.25) is 0 Å². The third kappa shape index (κ3) is 10.7. The third-order valence-electron chi connectivity index (χ3n) is 7.41. The van der Waals surface area contributed by atoms with E-state index < -0.39 is 12.1 Å². The maximum absolute atomic E-state index is 13.3. The monoisotopic (exact) mass is 642 g/mol. The molecule has 0 fully saturated rings. The lowest BCUT2D eigenvalue weighted by Gasteiger charge is -2.23. The number of benzene rings is 3. The molecule has 44 heavy (non-hydrogen) atoms. The van der Waals surface area contributed by atoms with Gasteiger partial charge >= 0.3 is 12.0 Å². The van der Waals surface area contributed by atoms with Gasteiger partial charge in [-0.1, -0.05) is 41.4 Å². The van der Waals surface area contributed by atoms with Crippen LogP contribution in [0.25, 0.3) is 0 Å². The van der Waals surface area contributed by atoms with Crippen LogP contribution in [0.3, 0.4) is 0 Å². The largest absolute Gasteiger partial charge is 0.492 e. The zero-order valence-electron chi connectivity index (χ0n) is 25.0. The third-order valence-corrected chi connectivity index (χ3v) is 7.85. The number of carboxylic acids is 1. The number of rotatable bonds is 17. The summed E-state index contributed by atoms with van der Waals surface area (Å²) in [6.45, 7) is 4.30. The van der Waals surface area contributed by atoms with E-state index in [2.05, 4.69) is 17.4 Å². The van der Waals surface area contributed by atoms with E-state index in [1.807, 2.05) is 30.3 Å². The summed E-state index contributed by atoms with van der Waals surface area (Å²) in [5, 5.41) is 13.6. The Kier molecular flexibility index (Phi) is 13.2. The summed E-state index contributed by atoms with van der Waals surface area (Å²) in [6, 6.07) is 18.6. The van der Waals surface area contributed by atoms with Crippen molar-refractivity contribution >= 4 is 40.9 Å². The Labute approximate surface area is 269 Å². The quantitative estimate of drug-likeness (QED) is 0.149. The Hall–Kier alpha value is -3.30. The van der Waals surface area contributed by atoms with Crippen molar-refractivity contribution in [2.45, 2.75) is 58.2 Å². The predicted octanol–water partition coefficient (Wildman–Crippen LogP) is 7.42. The van der Waals surface area contributed by atoms with Crippen LogP contribution in [0.2, 0.25) is 10.0 Å². The molecule has 1 unspecified atom stereocenters. The summed E-state index contributed by atoms with van der Waals surface area (Å²) in [7, 11) is 0. The molecule has 236 valence electrons. The number of aryl methyl sites for hydroxylation is 2. The highest BCUT2D eigenvalue weighted by Crippen LogP contribution is 2.25. The molecule has 1 aliphatic carbocycles. The average molecular weight is 644 g/mol. The van der Waals surface area contributed by atoms with Gasteiger partial charge in [0, 0.05) is 41.9 Å². The van der Waals surface area contributed by atoms with Gasteiger partial charge in [-0.2, -0.15) is 0 Å². The molecule has 8 nitrogen and oxygen atoms in total. The molecule has 0 aromatic heterocycles. The summed E-state index contributed by atoms with van der Waals surface area (Å²) >= 11 is 12.1. The van der Waals surface area contributed by atoms with E-state index in [0.717, 1.165) is 48.9 Å². The zero-order chi connectivity index (χ0) is 31.3. The van der Waals surface area contributed by atoms with Crippen LogP contribution >= 0.6 is 23.2 Å². The minimum Gasteiger partial charge on any atom is -0.492 e.